The number of fused-ring (bicyclic) bond motifs is 1. The number of hydrogen-bond acceptors (Lipinski definition) is 2. The zero-order chi connectivity index (χ0) is 15.0. The van der Waals surface area contributed by atoms with Gasteiger partial charge in [0.1, 0.15) is 5.72 Å². The second-order valence-corrected chi connectivity index (χ2v) is 6.45. The monoisotopic (exact) mass is 287 g/mol. The predicted octanol–water partition coefficient (Wildman–Crippen LogP) is 3.76. The standard InChI is InChI=1S/C18H25NO2/c1-4-13-11-15(5-2)18(3)19(17(13)20)16(12-21-18)14-9-7-6-8-10-14/h6-10,13,15-16H,4-5,11-12H2,1-3H3/t13-,15-,16+,18+/m1/s1. The highest BCUT2D eigenvalue weighted by atomic mass is 16.5. The number of piperidine rings is 1. The van der Waals surface area contributed by atoms with E-state index in [1.165, 1.54) is 5.56 Å². The van der Waals surface area contributed by atoms with Gasteiger partial charge in [-0.25, -0.2) is 0 Å². The molecule has 0 spiro atoms. The average Bonchev–Trinajstić information content (AvgIpc) is 2.87. The van der Waals surface area contributed by atoms with E-state index in [9.17, 15) is 4.79 Å². The molecule has 1 amide bonds. The molecule has 0 N–H and O–H groups in total. The summed E-state index contributed by atoms with van der Waals surface area (Å²) in [5.41, 5.74) is 0.749. The highest BCUT2D eigenvalue weighted by Crippen LogP contribution is 2.49. The van der Waals surface area contributed by atoms with Crippen LogP contribution < -0.4 is 0 Å². The Balaban J connectivity index is 1.99. The molecule has 4 atom stereocenters. The minimum atomic E-state index is -0.433. The van der Waals surface area contributed by atoms with Crippen LogP contribution in [0.3, 0.4) is 0 Å². The second kappa shape index (κ2) is 5.45. The first-order valence-corrected chi connectivity index (χ1v) is 8.13. The van der Waals surface area contributed by atoms with E-state index in [2.05, 4.69) is 32.9 Å². The lowest BCUT2D eigenvalue weighted by Crippen LogP contribution is -2.58. The number of rotatable bonds is 3. The van der Waals surface area contributed by atoms with Crippen LogP contribution in [0.1, 0.15) is 51.6 Å². The van der Waals surface area contributed by atoms with Gasteiger partial charge in [0.05, 0.1) is 12.6 Å². The van der Waals surface area contributed by atoms with Gasteiger partial charge in [-0.3, -0.25) is 4.79 Å². The summed E-state index contributed by atoms with van der Waals surface area (Å²) >= 11 is 0. The molecule has 21 heavy (non-hydrogen) atoms. The van der Waals surface area contributed by atoms with E-state index in [1.807, 2.05) is 23.1 Å². The zero-order valence-corrected chi connectivity index (χ0v) is 13.2. The van der Waals surface area contributed by atoms with Crippen LogP contribution >= 0.6 is 0 Å². The Morgan fingerprint density at radius 3 is 2.57 bits per heavy atom. The second-order valence-electron chi connectivity index (χ2n) is 6.45. The molecular formula is C18H25NO2. The molecule has 1 aromatic carbocycles. The highest BCUT2D eigenvalue weighted by Gasteiger charge is 2.56. The summed E-state index contributed by atoms with van der Waals surface area (Å²) in [5, 5.41) is 0. The van der Waals surface area contributed by atoms with Gasteiger partial charge in [-0.15, -0.1) is 0 Å². The fourth-order valence-electron chi connectivity index (χ4n) is 4.05. The average molecular weight is 287 g/mol. The molecule has 3 nitrogen and oxygen atoms in total. The van der Waals surface area contributed by atoms with Crippen LogP contribution in [-0.2, 0) is 9.53 Å². The first-order chi connectivity index (χ1) is 10.1. The van der Waals surface area contributed by atoms with Crippen LogP contribution in [0.4, 0.5) is 0 Å². The smallest absolute Gasteiger partial charge is 0.228 e. The van der Waals surface area contributed by atoms with Crippen molar-refractivity contribution in [1.29, 1.82) is 0 Å². The normalized spacial score (nSPS) is 35.9. The minimum Gasteiger partial charge on any atom is -0.353 e. The topological polar surface area (TPSA) is 29.5 Å². The van der Waals surface area contributed by atoms with E-state index in [0.717, 1.165) is 19.3 Å². The van der Waals surface area contributed by atoms with Crippen LogP contribution in [0.25, 0.3) is 0 Å². The number of amides is 1. The summed E-state index contributed by atoms with van der Waals surface area (Å²) < 4.78 is 6.18. The Kier molecular flexibility index (Phi) is 3.78. The summed E-state index contributed by atoms with van der Waals surface area (Å²) in [4.78, 5) is 15.0. The van der Waals surface area contributed by atoms with E-state index < -0.39 is 5.72 Å². The molecule has 0 saturated carbocycles. The maximum atomic E-state index is 12.9. The van der Waals surface area contributed by atoms with Crippen molar-refractivity contribution < 1.29 is 9.53 Å². The van der Waals surface area contributed by atoms with E-state index >= 15 is 0 Å². The molecule has 0 radical (unpaired) electrons. The summed E-state index contributed by atoms with van der Waals surface area (Å²) in [6, 6.07) is 10.3. The SMILES string of the molecule is CC[C@@H]1C[C@@H](CC)[C@]2(C)OC[C@@H](c3ccccc3)N2C1=O. The number of ether oxygens (including phenoxy) is 1. The molecule has 0 aliphatic carbocycles. The summed E-state index contributed by atoms with van der Waals surface area (Å²) in [6.45, 7) is 7.04. The highest BCUT2D eigenvalue weighted by molar-refractivity contribution is 5.81. The van der Waals surface area contributed by atoms with Crippen LogP contribution in [-0.4, -0.2) is 23.1 Å². The van der Waals surface area contributed by atoms with Crippen molar-refractivity contribution >= 4 is 5.91 Å². The Labute approximate surface area is 127 Å². The fraction of sp³-hybridized carbons (Fsp3) is 0.611. The third kappa shape index (κ3) is 2.18. The number of benzene rings is 1. The first kappa shape index (κ1) is 14.6. The molecule has 114 valence electrons. The molecule has 1 aromatic rings. The molecule has 0 bridgehead atoms. The number of hydrogen-bond donors (Lipinski definition) is 0. The van der Waals surface area contributed by atoms with E-state index in [4.69, 9.17) is 4.74 Å². The van der Waals surface area contributed by atoms with Gasteiger partial charge in [-0.1, -0.05) is 44.2 Å². The van der Waals surface area contributed by atoms with E-state index in [0.29, 0.717) is 12.5 Å². The molecule has 2 aliphatic heterocycles. The van der Waals surface area contributed by atoms with Crippen LogP contribution in [0.2, 0.25) is 0 Å². The molecule has 0 unspecified atom stereocenters. The van der Waals surface area contributed by atoms with Gasteiger partial charge in [0.25, 0.3) is 0 Å². The molecule has 2 saturated heterocycles. The van der Waals surface area contributed by atoms with Gasteiger partial charge in [-0.05, 0) is 31.7 Å². The maximum Gasteiger partial charge on any atom is 0.228 e. The van der Waals surface area contributed by atoms with Gasteiger partial charge in [0, 0.05) is 11.8 Å². The lowest BCUT2D eigenvalue weighted by Gasteiger charge is -2.48. The van der Waals surface area contributed by atoms with E-state index in [1.54, 1.807) is 0 Å². The van der Waals surface area contributed by atoms with Crippen molar-refractivity contribution in [3.63, 3.8) is 0 Å². The third-order valence-electron chi connectivity index (χ3n) is 5.41. The molecule has 2 aliphatic rings. The predicted molar refractivity (Wildman–Crippen MR) is 82.6 cm³/mol. The van der Waals surface area contributed by atoms with Gasteiger partial charge < -0.3 is 9.64 Å². The molecule has 2 heterocycles. The zero-order valence-electron chi connectivity index (χ0n) is 13.2. The van der Waals surface area contributed by atoms with Crippen LogP contribution in [0.15, 0.2) is 30.3 Å². The molecule has 0 aromatic heterocycles. The third-order valence-corrected chi connectivity index (χ3v) is 5.41. The van der Waals surface area contributed by atoms with E-state index in [-0.39, 0.29) is 17.9 Å². The van der Waals surface area contributed by atoms with Crippen molar-refractivity contribution in [1.82, 2.24) is 4.90 Å². The van der Waals surface area contributed by atoms with Crippen molar-refractivity contribution in [2.24, 2.45) is 11.8 Å². The first-order valence-electron chi connectivity index (χ1n) is 8.13. The van der Waals surface area contributed by atoms with Crippen molar-refractivity contribution in [3.8, 4) is 0 Å². The Morgan fingerprint density at radius 1 is 1.24 bits per heavy atom. The molecule has 3 rings (SSSR count). The quantitative estimate of drug-likeness (QED) is 0.847. The van der Waals surface area contributed by atoms with Gasteiger partial charge in [-0.2, -0.15) is 0 Å². The summed E-state index contributed by atoms with van der Waals surface area (Å²) in [6.07, 6.45) is 2.93. The van der Waals surface area contributed by atoms with Crippen molar-refractivity contribution in [2.45, 2.75) is 51.8 Å². The minimum absolute atomic E-state index is 0.0621. The van der Waals surface area contributed by atoms with Crippen molar-refractivity contribution in [2.75, 3.05) is 6.61 Å². The lowest BCUT2D eigenvalue weighted by molar-refractivity contribution is -0.178. The molecule has 3 heteroatoms. The van der Waals surface area contributed by atoms with Crippen molar-refractivity contribution in [3.05, 3.63) is 35.9 Å². The Hall–Kier alpha value is -1.35. The largest absolute Gasteiger partial charge is 0.353 e. The Bertz CT molecular complexity index is 515. The Morgan fingerprint density at radius 2 is 1.95 bits per heavy atom. The van der Waals surface area contributed by atoms with Gasteiger partial charge in [0.2, 0.25) is 5.91 Å². The fourth-order valence-corrected chi connectivity index (χ4v) is 4.05. The number of carbonyl (C=O) groups is 1. The number of carbonyl (C=O) groups excluding carboxylic acids is 1. The van der Waals surface area contributed by atoms with Gasteiger partial charge >= 0.3 is 0 Å². The molecular weight excluding hydrogens is 262 g/mol. The number of nitrogens with zero attached hydrogens (tertiary/aromatic N) is 1. The van der Waals surface area contributed by atoms with Gasteiger partial charge in [0.15, 0.2) is 0 Å². The maximum absolute atomic E-state index is 12.9. The summed E-state index contributed by atoms with van der Waals surface area (Å²) in [5.74, 6) is 0.848. The van der Waals surface area contributed by atoms with Crippen LogP contribution in [0, 0.1) is 11.8 Å². The van der Waals surface area contributed by atoms with Crippen LogP contribution in [0.5, 0.6) is 0 Å². The summed E-state index contributed by atoms with van der Waals surface area (Å²) in [7, 11) is 0. The molecule has 2 fully saturated rings. The lowest BCUT2D eigenvalue weighted by atomic mass is 9.78.